The molecule has 1 fully saturated rings. The molecule has 0 bridgehead atoms. The molecule has 1 heterocycles. The smallest absolute Gasteiger partial charge is 0.243 e. The summed E-state index contributed by atoms with van der Waals surface area (Å²) < 4.78 is 26.9. The van der Waals surface area contributed by atoms with E-state index in [9.17, 15) is 13.2 Å². The Kier molecular flexibility index (Phi) is 7.05. The Morgan fingerprint density at radius 2 is 1.79 bits per heavy atom. The zero-order valence-corrected chi connectivity index (χ0v) is 17.9. The van der Waals surface area contributed by atoms with Crippen molar-refractivity contribution >= 4 is 21.6 Å². The van der Waals surface area contributed by atoms with Crippen molar-refractivity contribution in [3.63, 3.8) is 0 Å². The molecule has 1 amide bonds. The lowest BCUT2D eigenvalue weighted by Crippen LogP contribution is -2.42. The summed E-state index contributed by atoms with van der Waals surface area (Å²) in [4.78, 5) is 14.7. The van der Waals surface area contributed by atoms with Crippen LogP contribution in [0.2, 0.25) is 0 Å². The van der Waals surface area contributed by atoms with Gasteiger partial charge in [-0.15, -0.1) is 0 Å². The molecule has 29 heavy (non-hydrogen) atoms. The fourth-order valence-electron chi connectivity index (χ4n) is 3.59. The van der Waals surface area contributed by atoms with Gasteiger partial charge in [0.1, 0.15) is 0 Å². The van der Waals surface area contributed by atoms with Crippen molar-refractivity contribution in [1.29, 1.82) is 0 Å². The molecule has 1 saturated heterocycles. The van der Waals surface area contributed by atoms with E-state index in [-0.39, 0.29) is 10.8 Å². The fraction of sp³-hybridized carbons (Fsp3) is 0.409. The predicted molar refractivity (Wildman–Crippen MR) is 115 cm³/mol. The summed E-state index contributed by atoms with van der Waals surface area (Å²) in [5, 5.41) is 2.87. The number of hydrogen-bond acceptors (Lipinski definition) is 4. The Bertz CT molecular complexity index is 914. The molecule has 2 aromatic rings. The Morgan fingerprint density at radius 1 is 1.10 bits per heavy atom. The average molecular weight is 416 g/mol. The maximum Gasteiger partial charge on any atom is 0.243 e. The highest BCUT2D eigenvalue weighted by atomic mass is 32.2. The Hall–Kier alpha value is -2.22. The second kappa shape index (κ2) is 9.52. The first-order chi connectivity index (χ1) is 13.9. The lowest BCUT2D eigenvalue weighted by atomic mass is 10.0. The molecule has 1 atom stereocenters. The molecular weight excluding hydrogens is 386 g/mol. The summed E-state index contributed by atoms with van der Waals surface area (Å²) >= 11 is 0. The standard InChI is InChI=1S/C22H29N3O3S/c1-18-8-6-7-15-25(18)17-22(26)23-20-11-13-21(14-12-20)29(27,28)24(2)16-19-9-4-3-5-10-19/h3-5,9-14,18H,6-8,15-17H2,1-2H3,(H,23,26)/t18-/m1/s1. The van der Waals surface area contributed by atoms with Crippen molar-refractivity contribution in [3.8, 4) is 0 Å². The Labute approximate surface area is 173 Å². The minimum atomic E-state index is -3.60. The molecule has 0 radical (unpaired) electrons. The predicted octanol–water partition coefficient (Wildman–Crippen LogP) is 3.32. The van der Waals surface area contributed by atoms with Crippen LogP contribution in [0.1, 0.15) is 31.7 Å². The molecule has 1 N–H and O–H groups in total. The van der Waals surface area contributed by atoms with Crippen LogP contribution in [0.25, 0.3) is 0 Å². The van der Waals surface area contributed by atoms with Crippen LogP contribution in [0.5, 0.6) is 0 Å². The topological polar surface area (TPSA) is 69.7 Å². The number of likely N-dealkylation sites (tertiary alicyclic amines) is 1. The van der Waals surface area contributed by atoms with E-state index in [0.29, 0.717) is 24.8 Å². The first-order valence-electron chi connectivity index (χ1n) is 10.0. The number of rotatable bonds is 7. The number of sulfonamides is 1. The quantitative estimate of drug-likeness (QED) is 0.753. The van der Waals surface area contributed by atoms with E-state index in [1.807, 2.05) is 30.3 Å². The second-order valence-corrected chi connectivity index (χ2v) is 9.68. The van der Waals surface area contributed by atoms with Crippen molar-refractivity contribution < 1.29 is 13.2 Å². The lowest BCUT2D eigenvalue weighted by molar-refractivity contribution is -0.118. The van der Waals surface area contributed by atoms with E-state index in [0.717, 1.165) is 24.9 Å². The Morgan fingerprint density at radius 3 is 2.45 bits per heavy atom. The van der Waals surface area contributed by atoms with Crippen LogP contribution in [-0.4, -0.2) is 49.7 Å². The van der Waals surface area contributed by atoms with E-state index in [2.05, 4.69) is 17.1 Å². The van der Waals surface area contributed by atoms with Crippen LogP contribution in [0.3, 0.4) is 0 Å². The van der Waals surface area contributed by atoms with Gasteiger partial charge in [-0.25, -0.2) is 8.42 Å². The summed E-state index contributed by atoms with van der Waals surface area (Å²) in [6, 6.07) is 16.2. The summed E-state index contributed by atoms with van der Waals surface area (Å²) in [6.45, 7) is 3.76. The minimum Gasteiger partial charge on any atom is -0.325 e. The van der Waals surface area contributed by atoms with Crippen molar-refractivity contribution in [2.24, 2.45) is 0 Å². The number of carbonyl (C=O) groups is 1. The molecule has 7 heteroatoms. The van der Waals surface area contributed by atoms with Crippen LogP contribution in [0.15, 0.2) is 59.5 Å². The number of carbonyl (C=O) groups excluding carboxylic acids is 1. The minimum absolute atomic E-state index is 0.0736. The van der Waals surface area contributed by atoms with Gasteiger partial charge in [0.25, 0.3) is 0 Å². The van der Waals surface area contributed by atoms with Gasteiger partial charge in [-0.05, 0) is 56.1 Å². The van der Waals surface area contributed by atoms with Crippen LogP contribution in [0, 0.1) is 0 Å². The van der Waals surface area contributed by atoms with E-state index in [1.54, 1.807) is 19.2 Å². The number of piperidine rings is 1. The highest BCUT2D eigenvalue weighted by Crippen LogP contribution is 2.20. The van der Waals surface area contributed by atoms with Crippen LogP contribution in [-0.2, 0) is 21.4 Å². The monoisotopic (exact) mass is 415 g/mol. The van der Waals surface area contributed by atoms with Gasteiger partial charge in [-0.1, -0.05) is 36.8 Å². The third kappa shape index (κ3) is 5.65. The van der Waals surface area contributed by atoms with Gasteiger partial charge in [0, 0.05) is 25.3 Å². The van der Waals surface area contributed by atoms with Gasteiger partial charge in [-0.2, -0.15) is 4.31 Å². The van der Waals surface area contributed by atoms with Gasteiger partial charge in [0.2, 0.25) is 15.9 Å². The third-order valence-electron chi connectivity index (χ3n) is 5.38. The molecule has 0 unspecified atom stereocenters. The van der Waals surface area contributed by atoms with Crippen molar-refractivity contribution in [3.05, 3.63) is 60.2 Å². The summed E-state index contributed by atoms with van der Waals surface area (Å²) in [6.07, 6.45) is 3.46. The second-order valence-electron chi connectivity index (χ2n) is 7.63. The number of amides is 1. The Balaban J connectivity index is 1.60. The van der Waals surface area contributed by atoms with Gasteiger partial charge in [-0.3, -0.25) is 9.69 Å². The summed E-state index contributed by atoms with van der Waals surface area (Å²) in [7, 11) is -2.03. The van der Waals surface area contributed by atoms with E-state index in [1.165, 1.54) is 22.9 Å². The first kappa shape index (κ1) is 21.5. The number of anilines is 1. The number of nitrogens with one attached hydrogen (secondary N) is 1. The molecule has 0 spiro atoms. The fourth-order valence-corrected chi connectivity index (χ4v) is 4.75. The normalized spacial score (nSPS) is 18.0. The number of benzene rings is 2. The maximum atomic E-state index is 12.8. The van der Waals surface area contributed by atoms with Crippen molar-refractivity contribution in [2.75, 3.05) is 25.5 Å². The van der Waals surface area contributed by atoms with Crippen molar-refractivity contribution in [2.45, 2.75) is 43.7 Å². The van der Waals surface area contributed by atoms with Gasteiger partial charge in [0.15, 0.2) is 0 Å². The molecule has 0 aliphatic carbocycles. The van der Waals surface area contributed by atoms with E-state index >= 15 is 0 Å². The SMILES string of the molecule is C[C@@H]1CCCCN1CC(=O)Nc1ccc(S(=O)(=O)N(C)Cc2ccccc2)cc1. The highest BCUT2D eigenvalue weighted by molar-refractivity contribution is 7.89. The first-order valence-corrected chi connectivity index (χ1v) is 11.4. The molecule has 1 aliphatic rings. The van der Waals surface area contributed by atoms with E-state index in [4.69, 9.17) is 0 Å². The molecule has 1 aliphatic heterocycles. The molecule has 6 nitrogen and oxygen atoms in total. The van der Waals surface area contributed by atoms with Gasteiger partial charge >= 0.3 is 0 Å². The average Bonchev–Trinajstić information content (AvgIpc) is 2.71. The zero-order chi connectivity index (χ0) is 20.9. The van der Waals surface area contributed by atoms with E-state index < -0.39 is 10.0 Å². The van der Waals surface area contributed by atoms with Crippen molar-refractivity contribution in [1.82, 2.24) is 9.21 Å². The zero-order valence-electron chi connectivity index (χ0n) is 17.0. The molecular formula is C22H29N3O3S. The molecule has 156 valence electrons. The highest BCUT2D eigenvalue weighted by Gasteiger charge is 2.22. The molecule has 0 aromatic heterocycles. The third-order valence-corrected chi connectivity index (χ3v) is 7.20. The van der Waals surface area contributed by atoms with Gasteiger partial charge in [0.05, 0.1) is 11.4 Å². The van der Waals surface area contributed by atoms with Crippen LogP contribution in [0.4, 0.5) is 5.69 Å². The number of hydrogen-bond donors (Lipinski definition) is 1. The lowest BCUT2D eigenvalue weighted by Gasteiger charge is -2.32. The van der Waals surface area contributed by atoms with Crippen LogP contribution < -0.4 is 5.32 Å². The van der Waals surface area contributed by atoms with Gasteiger partial charge < -0.3 is 5.32 Å². The summed E-state index contributed by atoms with van der Waals surface area (Å²) in [5.41, 5.74) is 1.53. The molecule has 3 rings (SSSR count). The molecule has 0 saturated carbocycles. The maximum absolute atomic E-state index is 12.8. The number of nitrogens with zero attached hydrogens (tertiary/aromatic N) is 2. The largest absolute Gasteiger partial charge is 0.325 e. The molecule has 2 aromatic carbocycles. The van der Waals surface area contributed by atoms with Crippen LogP contribution >= 0.6 is 0 Å². The summed E-state index contributed by atoms with van der Waals surface area (Å²) in [5.74, 6) is -0.0736.